The summed E-state index contributed by atoms with van der Waals surface area (Å²) in [4.78, 5) is 19.3. The molecule has 0 unspecified atom stereocenters. The van der Waals surface area contributed by atoms with Crippen LogP contribution in [0.1, 0.15) is 24.2 Å². The standard InChI is InChI=1S/C49H33N5/c50-32-33-29-41(34-18-20-36(21-19-34)45-17-9-10-28-51-45)31-42(30-33)44-27-26-35-11-7-8-16-43(35)46(44)37-22-24-40(25-23-37)49-53-47(38-12-3-1-4-13-38)52-48(54-49)39-14-5-2-6-15-39/h1,3-5,7-31H,2,6H2. The van der Waals surface area contributed by atoms with Crippen molar-refractivity contribution >= 4 is 16.3 Å². The molecule has 0 amide bonds. The molecule has 0 fully saturated rings. The van der Waals surface area contributed by atoms with Gasteiger partial charge in [0.2, 0.25) is 0 Å². The zero-order valence-electron chi connectivity index (χ0n) is 29.4. The number of allylic oxidation sites excluding steroid dienone is 4. The first-order valence-corrected chi connectivity index (χ1v) is 18.1. The topological polar surface area (TPSA) is 75.3 Å². The van der Waals surface area contributed by atoms with Crippen LogP contribution in [0.15, 0.2) is 176 Å². The van der Waals surface area contributed by atoms with Crippen LogP contribution in [0.5, 0.6) is 0 Å². The molecule has 54 heavy (non-hydrogen) atoms. The molecule has 0 N–H and O–H groups in total. The SMILES string of the molecule is N#Cc1cc(-c2ccc(-c3ccccn3)cc2)cc(-c2ccc3ccccc3c2-c2ccc(-c3nc(C4=CCCC=C4)nc(-c4ccccc4)n3)cc2)c1. The minimum atomic E-state index is 0.605. The van der Waals surface area contributed by atoms with Gasteiger partial charge in [-0.25, -0.2) is 15.0 Å². The summed E-state index contributed by atoms with van der Waals surface area (Å²) in [5.41, 5.74) is 11.6. The van der Waals surface area contributed by atoms with Gasteiger partial charge in [0.05, 0.1) is 17.3 Å². The number of benzene rings is 6. The van der Waals surface area contributed by atoms with Gasteiger partial charge < -0.3 is 0 Å². The Balaban J connectivity index is 1.14. The van der Waals surface area contributed by atoms with Gasteiger partial charge in [-0.1, -0.05) is 140 Å². The molecular weight excluding hydrogens is 659 g/mol. The molecule has 0 atom stereocenters. The summed E-state index contributed by atoms with van der Waals surface area (Å²) in [5, 5.41) is 12.5. The van der Waals surface area contributed by atoms with E-state index in [9.17, 15) is 5.26 Å². The number of hydrogen-bond acceptors (Lipinski definition) is 5. The molecule has 8 aromatic rings. The average molecular weight is 692 g/mol. The Morgan fingerprint density at radius 3 is 1.91 bits per heavy atom. The molecular formula is C49H33N5. The maximum absolute atomic E-state index is 10.2. The summed E-state index contributed by atoms with van der Waals surface area (Å²) in [7, 11) is 0. The van der Waals surface area contributed by atoms with Gasteiger partial charge in [-0.2, -0.15) is 5.26 Å². The van der Waals surface area contributed by atoms with Crippen LogP contribution in [0.2, 0.25) is 0 Å². The van der Waals surface area contributed by atoms with Gasteiger partial charge in [0.1, 0.15) is 0 Å². The van der Waals surface area contributed by atoms with Crippen molar-refractivity contribution in [2.24, 2.45) is 0 Å². The lowest BCUT2D eigenvalue weighted by Crippen LogP contribution is -2.03. The Bertz CT molecular complexity index is 2740. The molecule has 0 spiro atoms. The summed E-state index contributed by atoms with van der Waals surface area (Å²) in [5.74, 6) is 1.95. The van der Waals surface area contributed by atoms with E-state index in [2.05, 4.69) is 120 Å². The number of rotatable bonds is 7. The van der Waals surface area contributed by atoms with Gasteiger partial charge in [-0.3, -0.25) is 4.98 Å². The number of nitriles is 1. The molecule has 6 aromatic carbocycles. The van der Waals surface area contributed by atoms with Crippen LogP contribution in [0, 0.1) is 11.3 Å². The van der Waals surface area contributed by atoms with E-state index in [-0.39, 0.29) is 0 Å². The fourth-order valence-corrected chi connectivity index (χ4v) is 7.12. The van der Waals surface area contributed by atoms with E-state index in [0.29, 0.717) is 23.0 Å². The van der Waals surface area contributed by atoms with E-state index in [1.54, 1.807) is 6.20 Å². The molecule has 2 aromatic heterocycles. The largest absolute Gasteiger partial charge is 0.256 e. The maximum atomic E-state index is 10.2. The number of aromatic nitrogens is 4. The van der Waals surface area contributed by atoms with Gasteiger partial charge in [-0.15, -0.1) is 0 Å². The summed E-state index contributed by atoms with van der Waals surface area (Å²) >= 11 is 0. The highest BCUT2D eigenvalue weighted by Gasteiger charge is 2.17. The lowest BCUT2D eigenvalue weighted by molar-refractivity contribution is 1.01. The summed E-state index contributed by atoms with van der Waals surface area (Å²) in [6.45, 7) is 0. The first-order chi connectivity index (χ1) is 26.7. The summed E-state index contributed by atoms with van der Waals surface area (Å²) in [6.07, 6.45) is 10.3. The Kier molecular flexibility index (Phi) is 8.68. The van der Waals surface area contributed by atoms with Crippen molar-refractivity contribution in [2.75, 3.05) is 0 Å². The third-order valence-electron chi connectivity index (χ3n) is 9.83. The van der Waals surface area contributed by atoms with Gasteiger partial charge in [-0.05, 0) is 87.3 Å². The second-order valence-electron chi connectivity index (χ2n) is 13.3. The van der Waals surface area contributed by atoms with Crippen LogP contribution >= 0.6 is 0 Å². The zero-order valence-corrected chi connectivity index (χ0v) is 29.4. The predicted octanol–water partition coefficient (Wildman–Crippen LogP) is 12.0. The molecule has 0 saturated carbocycles. The molecule has 0 bridgehead atoms. The van der Waals surface area contributed by atoms with Crippen LogP contribution in [-0.4, -0.2) is 19.9 Å². The lowest BCUT2D eigenvalue weighted by Gasteiger charge is -2.16. The van der Waals surface area contributed by atoms with Gasteiger partial charge in [0.25, 0.3) is 0 Å². The molecule has 1 aliphatic carbocycles. The molecule has 5 nitrogen and oxygen atoms in total. The highest BCUT2D eigenvalue weighted by Crippen LogP contribution is 2.40. The quantitative estimate of drug-likeness (QED) is 0.166. The van der Waals surface area contributed by atoms with E-state index in [0.717, 1.165) is 85.0 Å². The molecule has 0 radical (unpaired) electrons. The molecule has 2 heterocycles. The zero-order chi connectivity index (χ0) is 36.3. The maximum Gasteiger partial charge on any atom is 0.164 e. The Morgan fingerprint density at radius 1 is 0.500 bits per heavy atom. The van der Waals surface area contributed by atoms with Gasteiger partial charge in [0.15, 0.2) is 17.5 Å². The lowest BCUT2D eigenvalue weighted by atomic mass is 9.87. The van der Waals surface area contributed by atoms with E-state index >= 15 is 0 Å². The molecule has 9 rings (SSSR count). The second-order valence-corrected chi connectivity index (χ2v) is 13.3. The van der Waals surface area contributed by atoms with Crippen molar-refractivity contribution in [1.82, 2.24) is 19.9 Å². The normalized spacial score (nSPS) is 12.3. The minimum absolute atomic E-state index is 0.605. The highest BCUT2D eigenvalue weighted by molar-refractivity contribution is 6.04. The number of nitrogens with zero attached hydrogens (tertiary/aromatic N) is 5. The monoisotopic (exact) mass is 691 g/mol. The smallest absolute Gasteiger partial charge is 0.164 e. The third kappa shape index (κ3) is 6.49. The van der Waals surface area contributed by atoms with Crippen molar-refractivity contribution in [2.45, 2.75) is 12.8 Å². The fraction of sp³-hybridized carbons (Fsp3) is 0.0408. The van der Waals surface area contributed by atoms with Crippen LogP contribution < -0.4 is 0 Å². The van der Waals surface area contributed by atoms with Crippen LogP contribution in [0.4, 0.5) is 0 Å². The van der Waals surface area contributed by atoms with E-state index in [1.165, 1.54) is 0 Å². The first-order valence-electron chi connectivity index (χ1n) is 18.1. The predicted molar refractivity (Wildman–Crippen MR) is 219 cm³/mol. The molecule has 5 heteroatoms. The van der Waals surface area contributed by atoms with Gasteiger partial charge >= 0.3 is 0 Å². The molecule has 0 aliphatic heterocycles. The Morgan fingerprint density at radius 2 is 1.17 bits per heavy atom. The van der Waals surface area contributed by atoms with E-state index in [4.69, 9.17) is 15.0 Å². The Labute approximate surface area is 314 Å². The minimum Gasteiger partial charge on any atom is -0.256 e. The Hall–Kier alpha value is -7.29. The van der Waals surface area contributed by atoms with Crippen molar-refractivity contribution < 1.29 is 0 Å². The van der Waals surface area contributed by atoms with Crippen molar-refractivity contribution in [3.63, 3.8) is 0 Å². The number of hydrogen-bond donors (Lipinski definition) is 0. The molecule has 0 saturated heterocycles. The van der Waals surface area contributed by atoms with Crippen LogP contribution in [0.3, 0.4) is 0 Å². The van der Waals surface area contributed by atoms with E-state index in [1.807, 2.05) is 60.7 Å². The van der Waals surface area contributed by atoms with Crippen molar-refractivity contribution in [1.29, 1.82) is 5.26 Å². The van der Waals surface area contributed by atoms with Crippen molar-refractivity contribution in [3.8, 4) is 73.5 Å². The first kappa shape index (κ1) is 32.6. The molecule has 1 aliphatic rings. The van der Waals surface area contributed by atoms with E-state index < -0.39 is 0 Å². The van der Waals surface area contributed by atoms with Crippen LogP contribution in [0.25, 0.3) is 83.8 Å². The van der Waals surface area contributed by atoms with Crippen molar-refractivity contribution in [3.05, 3.63) is 187 Å². The fourth-order valence-electron chi connectivity index (χ4n) is 7.12. The second kappa shape index (κ2) is 14.4. The van der Waals surface area contributed by atoms with Gasteiger partial charge in [0, 0.05) is 28.5 Å². The third-order valence-corrected chi connectivity index (χ3v) is 9.83. The highest BCUT2D eigenvalue weighted by atomic mass is 15.0. The average Bonchev–Trinajstić information content (AvgIpc) is 3.26. The van der Waals surface area contributed by atoms with Crippen LogP contribution in [-0.2, 0) is 0 Å². The number of pyridine rings is 1. The summed E-state index contributed by atoms with van der Waals surface area (Å²) < 4.78 is 0. The summed E-state index contributed by atoms with van der Waals surface area (Å²) in [6, 6.07) is 54.2. The number of fused-ring (bicyclic) bond motifs is 1. The molecule has 254 valence electrons.